The average molecular weight is 243 g/mol. The number of benzene rings is 1. The molecule has 1 aromatic carbocycles. The van der Waals surface area contributed by atoms with Crippen LogP contribution in [-0.2, 0) is 11.2 Å². The van der Waals surface area contributed by atoms with Crippen molar-refractivity contribution in [3.8, 4) is 0 Å². The lowest BCUT2D eigenvalue weighted by Crippen LogP contribution is -2.15. The minimum absolute atomic E-state index is 0.0750. The predicted molar refractivity (Wildman–Crippen MR) is 59.8 cm³/mol. The fraction of sp³-hybridized carbons (Fsp3) is 0.333. The van der Waals surface area contributed by atoms with Crippen LogP contribution >= 0.6 is 11.6 Å². The first-order chi connectivity index (χ1) is 7.68. The van der Waals surface area contributed by atoms with E-state index < -0.39 is 11.9 Å². The summed E-state index contributed by atoms with van der Waals surface area (Å²) in [6.07, 6.45) is 2.01. The lowest BCUT2D eigenvalue weighted by molar-refractivity contribution is 0.117. The Morgan fingerprint density at radius 1 is 1.50 bits per heavy atom. The Kier molecular flexibility index (Phi) is 3.46. The van der Waals surface area contributed by atoms with Crippen molar-refractivity contribution < 1.29 is 14.2 Å². The molecule has 0 radical (unpaired) electrons. The highest BCUT2D eigenvalue weighted by Gasteiger charge is 2.18. The molecule has 1 aromatic rings. The summed E-state index contributed by atoms with van der Waals surface area (Å²) in [5.74, 6) is 0.0567. The van der Waals surface area contributed by atoms with Gasteiger partial charge in [0.2, 0.25) is 0 Å². The molecule has 0 bridgehead atoms. The predicted octanol–water partition coefficient (Wildman–Crippen LogP) is 2.69. The monoisotopic (exact) mass is 242 g/mol. The van der Waals surface area contributed by atoms with Crippen molar-refractivity contribution in [1.82, 2.24) is 0 Å². The van der Waals surface area contributed by atoms with Gasteiger partial charge in [-0.25, -0.2) is 4.39 Å². The van der Waals surface area contributed by atoms with Gasteiger partial charge in [-0.05, 0) is 17.7 Å². The van der Waals surface area contributed by atoms with E-state index in [1.807, 2.05) is 6.08 Å². The first-order valence-electron chi connectivity index (χ1n) is 5.12. The van der Waals surface area contributed by atoms with Gasteiger partial charge in [0, 0.05) is 12.8 Å². The van der Waals surface area contributed by atoms with E-state index in [1.165, 1.54) is 6.07 Å². The van der Waals surface area contributed by atoms with Crippen molar-refractivity contribution in [3.63, 3.8) is 0 Å². The van der Waals surface area contributed by atoms with Crippen molar-refractivity contribution in [3.05, 3.63) is 46.4 Å². The van der Waals surface area contributed by atoms with E-state index >= 15 is 0 Å². The van der Waals surface area contributed by atoms with E-state index in [-0.39, 0.29) is 11.4 Å². The highest BCUT2D eigenvalue weighted by Crippen LogP contribution is 2.22. The third kappa shape index (κ3) is 2.36. The van der Waals surface area contributed by atoms with Gasteiger partial charge >= 0.3 is 0 Å². The van der Waals surface area contributed by atoms with Crippen LogP contribution in [0.4, 0.5) is 4.39 Å². The summed E-state index contributed by atoms with van der Waals surface area (Å²) >= 11 is 5.65. The van der Waals surface area contributed by atoms with Gasteiger partial charge in [0.15, 0.2) is 0 Å². The minimum Gasteiger partial charge on any atom is -0.495 e. The molecule has 0 aromatic heterocycles. The van der Waals surface area contributed by atoms with Crippen molar-refractivity contribution in [2.75, 3.05) is 6.61 Å². The molecule has 4 heteroatoms. The fourth-order valence-corrected chi connectivity index (χ4v) is 1.88. The van der Waals surface area contributed by atoms with Gasteiger partial charge in [-0.2, -0.15) is 0 Å². The molecular formula is C12H12ClFO2. The van der Waals surface area contributed by atoms with E-state index in [4.69, 9.17) is 16.3 Å². The summed E-state index contributed by atoms with van der Waals surface area (Å²) < 4.78 is 18.8. The molecule has 0 saturated carbocycles. The summed E-state index contributed by atoms with van der Waals surface area (Å²) in [5.41, 5.74) is 0.399. The second-order valence-electron chi connectivity index (χ2n) is 3.68. The molecule has 1 unspecified atom stereocenters. The number of aliphatic hydroxyl groups is 1. The molecule has 1 aliphatic rings. The standard InChI is InChI=1S/C12H12ClFO2/c13-9-4-1-3-8(12(9)14)7-10(15)11-5-2-6-16-11/h1,3-5,10,15H,2,6-7H2. The van der Waals surface area contributed by atoms with Gasteiger partial charge in [-0.15, -0.1) is 0 Å². The molecule has 0 fully saturated rings. The van der Waals surface area contributed by atoms with Crippen molar-refractivity contribution in [2.45, 2.75) is 18.9 Å². The van der Waals surface area contributed by atoms with E-state index in [0.717, 1.165) is 6.42 Å². The van der Waals surface area contributed by atoms with Crippen LogP contribution in [0.3, 0.4) is 0 Å². The van der Waals surface area contributed by atoms with Gasteiger partial charge in [0.1, 0.15) is 17.7 Å². The van der Waals surface area contributed by atoms with Crippen molar-refractivity contribution in [2.24, 2.45) is 0 Å². The third-order valence-electron chi connectivity index (χ3n) is 2.51. The maximum Gasteiger partial charge on any atom is 0.145 e. The van der Waals surface area contributed by atoms with Crippen LogP contribution in [-0.4, -0.2) is 17.8 Å². The van der Waals surface area contributed by atoms with Crippen LogP contribution in [0.1, 0.15) is 12.0 Å². The SMILES string of the molecule is OC(Cc1cccc(Cl)c1F)C1=CCCO1. The van der Waals surface area contributed by atoms with E-state index in [2.05, 4.69) is 0 Å². The van der Waals surface area contributed by atoms with Gasteiger partial charge < -0.3 is 9.84 Å². The molecule has 2 nitrogen and oxygen atoms in total. The first-order valence-corrected chi connectivity index (χ1v) is 5.50. The fourth-order valence-electron chi connectivity index (χ4n) is 1.68. The zero-order valence-corrected chi connectivity index (χ0v) is 9.38. The Hall–Kier alpha value is -1.06. The number of hydrogen-bond donors (Lipinski definition) is 1. The highest BCUT2D eigenvalue weighted by molar-refractivity contribution is 6.30. The molecule has 2 rings (SSSR count). The van der Waals surface area contributed by atoms with E-state index in [0.29, 0.717) is 17.9 Å². The Morgan fingerprint density at radius 2 is 2.31 bits per heavy atom. The summed E-state index contributed by atoms with van der Waals surface area (Å²) in [7, 11) is 0. The number of rotatable bonds is 3. The average Bonchev–Trinajstić information content (AvgIpc) is 2.78. The molecule has 0 amide bonds. The molecule has 0 spiro atoms. The molecule has 0 saturated heterocycles. The van der Waals surface area contributed by atoms with Crippen LogP contribution in [0.25, 0.3) is 0 Å². The van der Waals surface area contributed by atoms with Gasteiger partial charge in [0.25, 0.3) is 0 Å². The zero-order chi connectivity index (χ0) is 11.5. The molecule has 1 N–H and O–H groups in total. The lowest BCUT2D eigenvalue weighted by Gasteiger charge is -2.12. The summed E-state index contributed by atoms with van der Waals surface area (Å²) in [5, 5.41) is 9.89. The zero-order valence-electron chi connectivity index (χ0n) is 8.62. The second-order valence-corrected chi connectivity index (χ2v) is 4.08. The molecule has 1 aliphatic heterocycles. The topological polar surface area (TPSA) is 29.5 Å². The van der Waals surface area contributed by atoms with Crippen molar-refractivity contribution >= 4 is 11.6 Å². The Labute approximate surface area is 98.3 Å². The number of ether oxygens (including phenoxy) is 1. The summed E-state index contributed by atoms with van der Waals surface area (Å²) in [4.78, 5) is 0. The lowest BCUT2D eigenvalue weighted by atomic mass is 10.1. The molecule has 16 heavy (non-hydrogen) atoms. The van der Waals surface area contributed by atoms with Crippen LogP contribution in [0.2, 0.25) is 5.02 Å². The van der Waals surface area contributed by atoms with Crippen LogP contribution in [0.5, 0.6) is 0 Å². The van der Waals surface area contributed by atoms with Crippen molar-refractivity contribution in [1.29, 1.82) is 0 Å². The Bertz CT molecular complexity index is 417. The number of hydrogen-bond acceptors (Lipinski definition) is 2. The minimum atomic E-state index is -0.796. The summed E-state index contributed by atoms with van der Waals surface area (Å²) in [6.45, 7) is 0.588. The van der Waals surface area contributed by atoms with Gasteiger partial charge in [0.05, 0.1) is 11.6 Å². The normalized spacial score (nSPS) is 16.8. The molecular weight excluding hydrogens is 231 g/mol. The van der Waals surface area contributed by atoms with E-state index in [1.54, 1.807) is 12.1 Å². The molecule has 0 aliphatic carbocycles. The van der Waals surface area contributed by atoms with Gasteiger partial charge in [-0.1, -0.05) is 23.7 Å². The second kappa shape index (κ2) is 4.85. The van der Waals surface area contributed by atoms with E-state index in [9.17, 15) is 9.50 Å². The number of halogens is 2. The Morgan fingerprint density at radius 3 is 3.00 bits per heavy atom. The molecule has 1 heterocycles. The maximum absolute atomic E-state index is 13.5. The van der Waals surface area contributed by atoms with Crippen LogP contribution < -0.4 is 0 Å². The van der Waals surface area contributed by atoms with Gasteiger partial charge in [-0.3, -0.25) is 0 Å². The summed E-state index contributed by atoms with van der Waals surface area (Å²) in [6, 6.07) is 4.76. The number of aliphatic hydroxyl groups excluding tert-OH is 1. The quantitative estimate of drug-likeness (QED) is 0.883. The maximum atomic E-state index is 13.5. The first kappa shape index (κ1) is 11.4. The Balaban J connectivity index is 2.11. The van der Waals surface area contributed by atoms with Crippen LogP contribution in [0.15, 0.2) is 30.0 Å². The molecule has 1 atom stereocenters. The highest BCUT2D eigenvalue weighted by atomic mass is 35.5. The third-order valence-corrected chi connectivity index (χ3v) is 2.80. The largest absolute Gasteiger partial charge is 0.495 e. The smallest absolute Gasteiger partial charge is 0.145 e. The van der Waals surface area contributed by atoms with Crippen LogP contribution in [0, 0.1) is 5.82 Å². The molecule has 86 valence electrons.